The minimum absolute atomic E-state index is 0.0290. The van der Waals surface area contributed by atoms with Crippen LogP contribution >= 0.6 is 11.3 Å². The molecular weight excluding hydrogens is 446 g/mol. The number of thiophene rings is 1. The molecule has 1 atom stereocenters. The molecule has 0 aliphatic carbocycles. The van der Waals surface area contributed by atoms with Gasteiger partial charge < -0.3 is 9.52 Å². The zero-order valence-electron chi connectivity index (χ0n) is 18.1. The van der Waals surface area contributed by atoms with Gasteiger partial charge in [-0.1, -0.05) is 33.3 Å². The van der Waals surface area contributed by atoms with Crippen molar-refractivity contribution in [3.05, 3.63) is 53.4 Å². The van der Waals surface area contributed by atoms with Crippen LogP contribution in [-0.2, 0) is 21.2 Å². The molecule has 0 aliphatic rings. The second-order valence-corrected chi connectivity index (χ2v) is 11.1. The van der Waals surface area contributed by atoms with Crippen molar-refractivity contribution in [2.45, 2.75) is 44.6 Å². The van der Waals surface area contributed by atoms with E-state index >= 15 is 0 Å². The van der Waals surface area contributed by atoms with Gasteiger partial charge in [0.05, 0.1) is 4.90 Å². The van der Waals surface area contributed by atoms with Crippen molar-refractivity contribution in [3.63, 3.8) is 0 Å². The van der Waals surface area contributed by atoms with Gasteiger partial charge in [-0.3, -0.25) is 4.79 Å². The number of nitrogens with one attached hydrogen (secondary N) is 1. The summed E-state index contributed by atoms with van der Waals surface area (Å²) in [5, 5.41) is 11.0. The van der Waals surface area contributed by atoms with Crippen molar-refractivity contribution in [1.29, 1.82) is 0 Å². The molecule has 0 saturated heterocycles. The Kier molecular flexibility index (Phi) is 6.11. The van der Waals surface area contributed by atoms with Crippen molar-refractivity contribution in [2.24, 2.45) is 5.92 Å². The topological polar surface area (TPSA) is 96.6 Å². The summed E-state index contributed by atoms with van der Waals surface area (Å²) in [6.07, 6.45) is 2.16. The Labute approximate surface area is 190 Å². The molecule has 4 rings (SSSR count). The molecule has 0 aliphatic heterocycles. The smallest absolute Gasteiger partial charge is 0.322 e. The van der Waals surface area contributed by atoms with Crippen LogP contribution in [0.15, 0.2) is 57.8 Å². The highest BCUT2D eigenvalue weighted by atomic mass is 32.2. The fourth-order valence-corrected chi connectivity index (χ4v) is 6.16. The second-order valence-electron chi connectivity index (χ2n) is 8.17. The highest BCUT2D eigenvalue weighted by Crippen LogP contribution is 2.35. The largest absolute Gasteiger partial charge is 0.480 e. The third-order valence-electron chi connectivity index (χ3n) is 5.41. The summed E-state index contributed by atoms with van der Waals surface area (Å²) in [4.78, 5) is 13.9. The number of sulfonamides is 1. The zero-order valence-corrected chi connectivity index (χ0v) is 19.7. The summed E-state index contributed by atoms with van der Waals surface area (Å²) in [5.41, 5.74) is 2.17. The molecule has 2 heterocycles. The second kappa shape index (κ2) is 8.69. The fourth-order valence-electron chi connectivity index (χ4n) is 3.70. The Balaban J connectivity index is 1.71. The van der Waals surface area contributed by atoms with E-state index in [0.717, 1.165) is 34.1 Å². The third-order valence-corrected chi connectivity index (χ3v) is 8.05. The first-order valence-corrected chi connectivity index (χ1v) is 12.8. The molecular formula is C24H25NO5S2. The number of carbonyl (C=O) groups is 1. The number of carboxylic acid groups (broad SMARTS) is 1. The van der Waals surface area contributed by atoms with E-state index < -0.39 is 28.0 Å². The van der Waals surface area contributed by atoms with Gasteiger partial charge in [-0.2, -0.15) is 4.72 Å². The van der Waals surface area contributed by atoms with E-state index in [9.17, 15) is 18.3 Å². The number of carboxylic acids is 1. The predicted molar refractivity (Wildman–Crippen MR) is 128 cm³/mol. The Hall–Kier alpha value is -2.68. The molecule has 0 amide bonds. The number of hydrogen-bond acceptors (Lipinski definition) is 5. The minimum atomic E-state index is -4.02. The van der Waals surface area contributed by atoms with E-state index in [2.05, 4.69) is 23.8 Å². The van der Waals surface area contributed by atoms with Crippen LogP contribution in [0.25, 0.3) is 32.4 Å². The van der Waals surface area contributed by atoms with Gasteiger partial charge in [-0.05, 0) is 54.3 Å². The lowest BCUT2D eigenvalue weighted by Gasteiger charge is -2.17. The number of aryl methyl sites for hydroxylation is 1. The van der Waals surface area contributed by atoms with Crippen molar-refractivity contribution in [2.75, 3.05) is 0 Å². The number of hydrogen-bond donors (Lipinski definition) is 2. The summed E-state index contributed by atoms with van der Waals surface area (Å²) < 4.78 is 33.9. The molecule has 0 saturated carbocycles. The summed E-state index contributed by atoms with van der Waals surface area (Å²) >= 11 is 1.76. The average Bonchev–Trinajstić information content (AvgIpc) is 3.35. The SMILES string of the molecule is CCCc1ccc(-c2ccc3c(c2)oc2cc(S(=O)(=O)N[C@H](C(=O)O)C(C)C)ccc23)s1. The van der Waals surface area contributed by atoms with Crippen LogP contribution in [0, 0.1) is 5.92 Å². The monoisotopic (exact) mass is 471 g/mol. The van der Waals surface area contributed by atoms with Crippen molar-refractivity contribution >= 4 is 49.3 Å². The molecule has 32 heavy (non-hydrogen) atoms. The highest BCUT2D eigenvalue weighted by molar-refractivity contribution is 7.89. The maximum atomic E-state index is 12.8. The van der Waals surface area contributed by atoms with Gasteiger partial charge in [0, 0.05) is 26.6 Å². The number of fused-ring (bicyclic) bond motifs is 3. The van der Waals surface area contributed by atoms with Crippen LogP contribution in [-0.4, -0.2) is 25.5 Å². The molecule has 0 unspecified atom stereocenters. The van der Waals surface area contributed by atoms with E-state index in [1.165, 1.54) is 17.0 Å². The maximum Gasteiger partial charge on any atom is 0.322 e. The van der Waals surface area contributed by atoms with Crippen LogP contribution in [0.2, 0.25) is 0 Å². The first-order chi connectivity index (χ1) is 15.2. The molecule has 0 spiro atoms. The van der Waals surface area contributed by atoms with E-state index in [1.54, 1.807) is 31.3 Å². The first kappa shape index (κ1) is 22.5. The molecule has 0 radical (unpaired) electrons. The zero-order chi connectivity index (χ0) is 23.0. The van der Waals surface area contributed by atoms with Crippen molar-refractivity contribution in [1.82, 2.24) is 4.72 Å². The highest BCUT2D eigenvalue weighted by Gasteiger charge is 2.28. The number of benzene rings is 2. The minimum Gasteiger partial charge on any atom is -0.480 e. The fraction of sp³-hybridized carbons (Fsp3) is 0.292. The van der Waals surface area contributed by atoms with Gasteiger partial charge >= 0.3 is 5.97 Å². The Bertz CT molecular complexity index is 1400. The van der Waals surface area contributed by atoms with Crippen molar-refractivity contribution < 1.29 is 22.7 Å². The summed E-state index contributed by atoms with van der Waals surface area (Å²) in [7, 11) is -4.02. The van der Waals surface area contributed by atoms with Crippen LogP contribution < -0.4 is 4.72 Å². The molecule has 6 nitrogen and oxygen atoms in total. The molecule has 2 N–H and O–H groups in total. The Morgan fingerprint density at radius 1 is 1.06 bits per heavy atom. The van der Waals surface area contributed by atoms with Gasteiger partial charge in [0.25, 0.3) is 0 Å². The van der Waals surface area contributed by atoms with Gasteiger partial charge in [0.2, 0.25) is 10.0 Å². The molecule has 4 aromatic rings. The quantitative estimate of drug-likeness (QED) is 0.346. The molecule has 0 fully saturated rings. The Morgan fingerprint density at radius 3 is 2.41 bits per heavy atom. The van der Waals surface area contributed by atoms with Gasteiger partial charge in [0.15, 0.2) is 0 Å². The molecule has 2 aromatic carbocycles. The summed E-state index contributed by atoms with van der Waals surface area (Å²) in [5.74, 6) is -1.61. The normalized spacial score (nSPS) is 13.2. The standard InChI is InChI=1S/C24H25NO5S2/c1-4-5-16-7-11-22(31-16)15-6-9-18-19-10-8-17(13-21(19)30-20(18)12-15)32(28,29)25-23(14(2)3)24(26)27/h6-14,23,25H,4-5H2,1-3H3,(H,26,27)/t23-/m0/s1. The molecule has 168 valence electrons. The van der Waals surface area contributed by atoms with Gasteiger partial charge in [-0.25, -0.2) is 8.42 Å². The molecule has 8 heteroatoms. The molecule has 2 aromatic heterocycles. The van der Waals surface area contributed by atoms with Crippen LogP contribution in [0.5, 0.6) is 0 Å². The summed E-state index contributed by atoms with van der Waals surface area (Å²) in [6.45, 7) is 5.47. The maximum absolute atomic E-state index is 12.8. The van der Waals surface area contributed by atoms with Gasteiger partial charge in [0.1, 0.15) is 17.2 Å². The van der Waals surface area contributed by atoms with E-state index in [-0.39, 0.29) is 4.90 Å². The lowest BCUT2D eigenvalue weighted by molar-refractivity contribution is -0.140. The number of furan rings is 1. The first-order valence-electron chi connectivity index (χ1n) is 10.5. The van der Waals surface area contributed by atoms with E-state index in [0.29, 0.717) is 11.2 Å². The lowest BCUT2D eigenvalue weighted by Crippen LogP contribution is -2.44. The van der Waals surface area contributed by atoms with Crippen LogP contribution in [0.1, 0.15) is 32.1 Å². The number of aliphatic carboxylic acids is 1. The van der Waals surface area contributed by atoms with Gasteiger partial charge in [-0.15, -0.1) is 11.3 Å². The molecule has 0 bridgehead atoms. The van der Waals surface area contributed by atoms with E-state index in [1.807, 2.05) is 18.2 Å². The third kappa shape index (κ3) is 4.30. The predicted octanol–water partition coefficient (Wildman–Crippen LogP) is 5.65. The Morgan fingerprint density at radius 2 is 1.75 bits per heavy atom. The van der Waals surface area contributed by atoms with Crippen LogP contribution in [0.3, 0.4) is 0 Å². The summed E-state index contributed by atoms with van der Waals surface area (Å²) in [6, 6.07) is 13.7. The van der Waals surface area contributed by atoms with Crippen LogP contribution in [0.4, 0.5) is 0 Å². The average molecular weight is 472 g/mol. The van der Waals surface area contributed by atoms with E-state index in [4.69, 9.17) is 4.42 Å². The number of rotatable bonds is 8. The van der Waals surface area contributed by atoms with Crippen molar-refractivity contribution in [3.8, 4) is 10.4 Å². The lowest BCUT2D eigenvalue weighted by atomic mass is 10.1.